The van der Waals surface area contributed by atoms with Gasteiger partial charge in [-0.15, -0.1) is 0 Å². The molecule has 0 atom stereocenters. The Kier molecular flexibility index (Phi) is 7.27. The van der Waals surface area contributed by atoms with Crippen LogP contribution in [0.2, 0.25) is 0 Å². The molecule has 0 spiro atoms. The monoisotopic (exact) mass is 473 g/mol. The third-order valence-electron chi connectivity index (χ3n) is 5.04. The number of halogens is 4. The van der Waals surface area contributed by atoms with Crippen LogP contribution in [0.5, 0.6) is 0 Å². The maximum absolute atomic E-state index is 13.2. The smallest absolute Gasteiger partial charge is 0.372 e. The van der Waals surface area contributed by atoms with Crippen LogP contribution >= 0.6 is 0 Å². The number of piperidine rings is 1. The molecule has 1 heterocycles. The first-order valence-corrected chi connectivity index (χ1v) is 11.7. The number of nitrogens with zero attached hydrogens (tertiary/aromatic N) is 1. The number of benzene rings is 2. The lowest BCUT2D eigenvalue weighted by molar-refractivity contribution is -0.138. The number of amides is 1. The van der Waals surface area contributed by atoms with Crippen molar-refractivity contribution >= 4 is 27.3 Å². The SMILES string of the molecule is O=C(CS(=O)(=O)Nc1ccc(N2CCCCC2)cc1)NCc1ccc(F)cc1C(F)(F)F. The highest BCUT2D eigenvalue weighted by Gasteiger charge is 2.33. The van der Waals surface area contributed by atoms with Crippen molar-refractivity contribution < 1.29 is 30.8 Å². The highest BCUT2D eigenvalue weighted by atomic mass is 32.2. The van der Waals surface area contributed by atoms with Gasteiger partial charge < -0.3 is 10.2 Å². The quantitative estimate of drug-likeness (QED) is 0.598. The molecule has 32 heavy (non-hydrogen) atoms. The van der Waals surface area contributed by atoms with Gasteiger partial charge in [0, 0.05) is 31.0 Å². The van der Waals surface area contributed by atoms with Crippen LogP contribution in [0.25, 0.3) is 0 Å². The zero-order valence-corrected chi connectivity index (χ0v) is 17.9. The van der Waals surface area contributed by atoms with E-state index in [-0.39, 0.29) is 11.3 Å². The summed E-state index contributed by atoms with van der Waals surface area (Å²) in [6.45, 7) is 1.29. The number of sulfonamides is 1. The number of anilines is 2. The molecule has 2 N–H and O–H groups in total. The lowest BCUT2D eigenvalue weighted by atomic mass is 10.1. The Morgan fingerprint density at radius 3 is 2.28 bits per heavy atom. The zero-order chi connectivity index (χ0) is 23.4. The minimum absolute atomic E-state index is 0.274. The molecule has 0 saturated carbocycles. The number of hydrogen-bond acceptors (Lipinski definition) is 4. The summed E-state index contributed by atoms with van der Waals surface area (Å²) in [6, 6.07) is 8.82. The highest BCUT2D eigenvalue weighted by Crippen LogP contribution is 2.32. The molecule has 1 amide bonds. The largest absolute Gasteiger partial charge is 0.416 e. The van der Waals surface area contributed by atoms with Crippen LogP contribution in [-0.4, -0.2) is 33.2 Å². The van der Waals surface area contributed by atoms with Gasteiger partial charge in [-0.2, -0.15) is 13.2 Å². The number of carbonyl (C=O) groups excluding carboxylic acids is 1. The van der Waals surface area contributed by atoms with Gasteiger partial charge in [-0.1, -0.05) is 6.07 Å². The molecule has 1 aliphatic rings. The summed E-state index contributed by atoms with van der Waals surface area (Å²) < 4.78 is 79.1. The highest BCUT2D eigenvalue weighted by molar-refractivity contribution is 7.93. The molecule has 0 unspecified atom stereocenters. The van der Waals surface area contributed by atoms with Crippen molar-refractivity contribution in [2.45, 2.75) is 32.0 Å². The van der Waals surface area contributed by atoms with Gasteiger partial charge in [0.15, 0.2) is 0 Å². The molecule has 3 rings (SSSR count). The zero-order valence-electron chi connectivity index (χ0n) is 17.1. The molecule has 1 fully saturated rings. The van der Waals surface area contributed by atoms with Crippen LogP contribution < -0.4 is 14.9 Å². The molecule has 0 bridgehead atoms. The fourth-order valence-electron chi connectivity index (χ4n) is 3.49. The molecular weight excluding hydrogens is 450 g/mol. The van der Waals surface area contributed by atoms with Crippen molar-refractivity contribution in [1.82, 2.24) is 5.32 Å². The third kappa shape index (κ3) is 6.59. The van der Waals surface area contributed by atoms with Crippen LogP contribution in [0.4, 0.5) is 28.9 Å². The summed E-state index contributed by atoms with van der Waals surface area (Å²) in [5.41, 5.74) is -0.347. The molecule has 1 aliphatic heterocycles. The summed E-state index contributed by atoms with van der Waals surface area (Å²) in [4.78, 5) is 14.2. The van der Waals surface area contributed by atoms with E-state index >= 15 is 0 Å². The molecule has 0 aromatic heterocycles. The van der Waals surface area contributed by atoms with E-state index in [0.29, 0.717) is 6.07 Å². The predicted octanol–water partition coefficient (Wildman–Crippen LogP) is 3.89. The van der Waals surface area contributed by atoms with Gasteiger partial charge in [-0.25, -0.2) is 12.8 Å². The van der Waals surface area contributed by atoms with Crippen molar-refractivity contribution in [1.29, 1.82) is 0 Å². The maximum atomic E-state index is 13.2. The van der Waals surface area contributed by atoms with Crippen LogP contribution in [-0.2, 0) is 27.5 Å². The molecule has 1 saturated heterocycles. The Morgan fingerprint density at radius 1 is 1.00 bits per heavy atom. The number of rotatable bonds is 7. The van der Waals surface area contributed by atoms with E-state index in [4.69, 9.17) is 0 Å². The average Bonchev–Trinajstić information content (AvgIpc) is 2.72. The van der Waals surface area contributed by atoms with E-state index in [1.165, 1.54) is 6.42 Å². The summed E-state index contributed by atoms with van der Waals surface area (Å²) in [5, 5.41) is 2.14. The van der Waals surface area contributed by atoms with E-state index in [9.17, 15) is 30.8 Å². The normalized spacial score (nSPS) is 14.8. The molecule has 174 valence electrons. The fourth-order valence-corrected chi connectivity index (χ4v) is 4.51. The van der Waals surface area contributed by atoms with Gasteiger partial charge in [0.05, 0.1) is 5.56 Å². The first kappa shape index (κ1) is 23.8. The van der Waals surface area contributed by atoms with Gasteiger partial charge in [-0.05, 0) is 61.2 Å². The van der Waals surface area contributed by atoms with Crippen LogP contribution in [0.15, 0.2) is 42.5 Å². The van der Waals surface area contributed by atoms with Crippen LogP contribution in [0.3, 0.4) is 0 Å². The molecule has 2 aromatic rings. The molecule has 6 nitrogen and oxygen atoms in total. The first-order valence-electron chi connectivity index (χ1n) is 10.0. The third-order valence-corrected chi connectivity index (χ3v) is 6.23. The fraction of sp³-hybridized carbons (Fsp3) is 0.381. The summed E-state index contributed by atoms with van der Waals surface area (Å²) >= 11 is 0. The topological polar surface area (TPSA) is 78.5 Å². The summed E-state index contributed by atoms with van der Waals surface area (Å²) in [5.74, 6) is -3.02. The minimum atomic E-state index is -4.81. The lowest BCUT2D eigenvalue weighted by Gasteiger charge is -2.28. The molecular formula is C21H23F4N3O3S. The van der Waals surface area contributed by atoms with Crippen molar-refractivity contribution in [2.75, 3.05) is 28.5 Å². The van der Waals surface area contributed by atoms with Gasteiger partial charge in [0.25, 0.3) is 0 Å². The Morgan fingerprint density at radius 2 is 1.66 bits per heavy atom. The number of alkyl halides is 3. The molecule has 0 aliphatic carbocycles. The predicted molar refractivity (Wildman–Crippen MR) is 113 cm³/mol. The van der Waals surface area contributed by atoms with Crippen molar-refractivity contribution in [3.05, 3.63) is 59.4 Å². The Balaban J connectivity index is 1.57. The maximum Gasteiger partial charge on any atom is 0.416 e. The van der Waals surface area contributed by atoms with Gasteiger partial charge in [0.2, 0.25) is 15.9 Å². The Bertz CT molecular complexity index is 1050. The van der Waals surface area contributed by atoms with Gasteiger partial charge >= 0.3 is 6.18 Å². The molecule has 0 radical (unpaired) electrons. The second-order valence-electron chi connectivity index (χ2n) is 7.53. The second-order valence-corrected chi connectivity index (χ2v) is 9.25. The molecule has 11 heteroatoms. The summed E-state index contributed by atoms with van der Waals surface area (Å²) in [7, 11) is -4.08. The standard InChI is InChI=1S/C21H23F4N3O3S/c22-16-5-4-15(19(12-16)21(23,24)25)13-26-20(29)14-32(30,31)27-17-6-8-18(9-7-17)28-10-2-1-3-11-28/h4-9,12,27H,1-3,10-11,13-14H2,(H,26,29). The van der Waals surface area contributed by atoms with Crippen molar-refractivity contribution in [2.24, 2.45) is 0 Å². The Hall–Kier alpha value is -2.82. The minimum Gasteiger partial charge on any atom is -0.372 e. The van der Waals surface area contributed by atoms with E-state index in [1.54, 1.807) is 24.3 Å². The van der Waals surface area contributed by atoms with E-state index < -0.39 is 45.8 Å². The average molecular weight is 473 g/mol. The second kappa shape index (κ2) is 9.76. The molecule has 2 aromatic carbocycles. The number of hydrogen-bond donors (Lipinski definition) is 2. The van der Waals surface area contributed by atoms with E-state index in [1.807, 2.05) is 0 Å². The number of nitrogens with one attached hydrogen (secondary N) is 2. The van der Waals surface area contributed by atoms with Crippen LogP contribution in [0.1, 0.15) is 30.4 Å². The summed E-state index contributed by atoms with van der Waals surface area (Å²) in [6.07, 6.45) is -1.41. The van der Waals surface area contributed by atoms with E-state index in [2.05, 4.69) is 14.9 Å². The van der Waals surface area contributed by atoms with Crippen LogP contribution in [0, 0.1) is 5.82 Å². The van der Waals surface area contributed by atoms with E-state index in [0.717, 1.165) is 43.8 Å². The lowest BCUT2D eigenvalue weighted by Crippen LogP contribution is -2.33. The Labute approximate surface area is 183 Å². The first-order chi connectivity index (χ1) is 15.0. The van der Waals surface area contributed by atoms with Crippen molar-refractivity contribution in [3.8, 4) is 0 Å². The van der Waals surface area contributed by atoms with Gasteiger partial charge in [-0.3, -0.25) is 9.52 Å². The number of carbonyl (C=O) groups is 1. The van der Waals surface area contributed by atoms with Gasteiger partial charge in [0.1, 0.15) is 11.6 Å². The van der Waals surface area contributed by atoms with Crippen molar-refractivity contribution in [3.63, 3.8) is 0 Å².